The molecular formula is C20H28N2O3. The Bertz CT molecular complexity index is 634. The van der Waals surface area contributed by atoms with E-state index >= 15 is 0 Å². The Hall–Kier alpha value is -1.75. The zero-order valence-corrected chi connectivity index (χ0v) is 14.9. The van der Waals surface area contributed by atoms with Gasteiger partial charge in [0.15, 0.2) is 11.5 Å². The van der Waals surface area contributed by atoms with Gasteiger partial charge < -0.3 is 20.1 Å². The molecule has 1 amide bonds. The van der Waals surface area contributed by atoms with E-state index in [0.29, 0.717) is 30.3 Å². The molecule has 2 aliphatic carbocycles. The average Bonchev–Trinajstić information content (AvgIpc) is 3.06. The summed E-state index contributed by atoms with van der Waals surface area (Å²) in [6.45, 7) is 3.69. The molecule has 5 heteroatoms. The van der Waals surface area contributed by atoms with Crippen LogP contribution in [0.3, 0.4) is 0 Å². The van der Waals surface area contributed by atoms with Crippen LogP contribution in [-0.4, -0.2) is 30.2 Å². The molecule has 0 aromatic heterocycles. The van der Waals surface area contributed by atoms with Gasteiger partial charge >= 0.3 is 0 Å². The van der Waals surface area contributed by atoms with E-state index in [4.69, 9.17) is 15.2 Å². The maximum Gasteiger partial charge on any atom is 0.231 e. The highest BCUT2D eigenvalue weighted by atomic mass is 16.7. The summed E-state index contributed by atoms with van der Waals surface area (Å²) in [6, 6.07) is 6.25. The summed E-state index contributed by atoms with van der Waals surface area (Å²) in [7, 11) is 0. The number of nitrogens with two attached hydrogens (primary N) is 1. The van der Waals surface area contributed by atoms with Crippen LogP contribution in [0.5, 0.6) is 11.5 Å². The molecule has 2 saturated carbocycles. The topological polar surface area (TPSA) is 64.8 Å². The van der Waals surface area contributed by atoms with Crippen LogP contribution in [0.1, 0.15) is 44.6 Å². The number of carbonyl (C=O) groups is 1. The van der Waals surface area contributed by atoms with E-state index in [2.05, 4.69) is 6.92 Å². The molecule has 136 valence electrons. The molecule has 5 nitrogen and oxygen atoms in total. The van der Waals surface area contributed by atoms with Gasteiger partial charge in [0.25, 0.3) is 0 Å². The van der Waals surface area contributed by atoms with Gasteiger partial charge in [0, 0.05) is 25.0 Å². The van der Waals surface area contributed by atoms with E-state index in [-0.39, 0.29) is 12.7 Å². The molecule has 3 aliphatic rings. The summed E-state index contributed by atoms with van der Waals surface area (Å²) in [4.78, 5) is 15.1. The molecule has 2 bridgehead atoms. The quantitative estimate of drug-likeness (QED) is 0.912. The molecule has 2 N–H and O–H groups in total. The monoisotopic (exact) mass is 344 g/mol. The molecule has 1 aromatic carbocycles. The number of benzene rings is 1. The van der Waals surface area contributed by atoms with Crippen molar-refractivity contribution >= 4 is 5.91 Å². The van der Waals surface area contributed by atoms with Crippen molar-refractivity contribution in [3.8, 4) is 11.5 Å². The van der Waals surface area contributed by atoms with Crippen molar-refractivity contribution < 1.29 is 14.3 Å². The summed E-state index contributed by atoms with van der Waals surface area (Å²) in [5.74, 6) is 3.07. The van der Waals surface area contributed by atoms with E-state index in [9.17, 15) is 4.79 Å². The lowest BCUT2D eigenvalue weighted by molar-refractivity contribution is -0.139. The predicted molar refractivity (Wildman–Crippen MR) is 95.2 cm³/mol. The van der Waals surface area contributed by atoms with Gasteiger partial charge in [-0.25, -0.2) is 0 Å². The minimum Gasteiger partial charge on any atom is -0.454 e. The fourth-order valence-electron chi connectivity index (χ4n) is 4.85. The molecular weight excluding hydrogens is 316 g/mol. The fraction of sp³-hybridized carbons (Fsp3) is 0.650. The summed E-state index contributed by atoms with van der Waals surface area (Å²) in [6.07, 6.45) is 5.59. The molecule has 0 radical (unpaired) electrons. The van der Waals surface area contributed by atoms with Crippen LogP contribution in [0.4, 0.5) is 0 Å². The number of fused-ring (bicyclic) bond motifs is 3. The van der Waals surface area contributed by atoms with Crippen LogP contribution in [0.25, 0.3) is 0 Å². The van der Waals surface area contributed by atoms with Gasteiger partial charge in [-0.2, -0.15) is 0 Å². The minimum atomic E-state index is 0.143. The number of nitrogens with zero attached hydrogens (tertiary/aromatic N) is 1. The van der Waals surface area contributed by atoms with E-state index in [0.717, 1.165) is 36.4 Å². The molecule has 0 saturated heterocycles. The Labute approximate surface area is 149 Å². The number of carbonyl (C=O) groups excluding carboxylic acids is 1. The third-order valence-electron chi connectivity index (χ3n) is 6.27. The Morgan fingerprint density at radius 1 is 1.20 bits per heavy atom. The van der Waals surface area contributed by atoms with Crippen LogP contribution in [0.2, 0.25) is 0 Å². The minimum absolute atomic E-state index is 0.143. The molecule has 1 aliphatic heterocycles. The third-order valence-corrected chi connectivity index (χ3v) is 6.27. The van der Waals surface area contributed by atoms with Crippen LogP contribution >= 0.6 is 0 Å². The standard InChI is InChI=1S/C20H28N2O3/c1-2-22(11-13-6-7-17-18(8-13)25-12-24-17)20(23)16-9-14-4-3-5-15(10-16)19(14)21/h6-8,14-16,19H,2-5,9-12,21H2,1H3. The van der Waals surface area contributed by atoms with Gasteiger partial charge in [0.1, 0.15) is 0 Å². The molecule has 2 atom stereocenters. The van der Waals surface area contributed by atoms with Crippen molar-refractivity contribution in [1.29, 1.82) is 0 Å². The number of ether oxygens (including phenoxy) is 2. The van der Waals surface area contributed by atoms with Crippen molar-refractivity contribution in [2.45, 2.75) is 51.6 Å². The molecule has 1 heterocycles. The Balaban J connectivity index is 1.44. The largest absolute Gasteiger partial charge is 0.454 e. The second-order valence-corrected chi connectivity index (χ2v) is 7.74. The van der Waals surface area contributed by atoms with Gasteiger partial charge in [-0.15, -0.1) is 0 Å². The van der Waals surface area contributed by atoms with E-state index < -0.39 is 0 Å². The highest BCUT2D eigenvalue weighted by Gasteiger charge is 2.41. The number of hydrogen-bond donors (Lipinski definition) is 1. The second kappa shape index (κ2) is 6.87. The van der Waals surface area contributed by atoms with Crippen LogP contribution in [0.15, 0.2) is 18.2 Å². The maximum atomic E-state index is 13.1. The highest BCUT2D eigenvalue weighted by Crippen LogP contribution is 2.42. The molecule has 2 fully saturated rings. The highest BCUT2D eigenvalue weighted by molar-refractivity contribution is 5.79. The molecule has 2 unspecified atom stereocenters. The first-order valence-electron chi connectivity index (χ1n) is 9.58. The van der Waals surface area contributed by atoms with Gasteiger partial charge in [0.05, 0.1) is 0 Å². The summed E-state index contributed by atoms with van der Waals surface area (Å²) < 4.78 is 10.8. The first-order chi connectivity index (χ1) is 12.2. The first kappa shape index (κ1) is 16.7. The average molecular weight is 344 g/mol. The zero-order valence-electron chi connectivity index (χ0n) is 14.9. The Kier molecular flexibility index (Phi) is 4.59. The van der Waals surface area contributed by atoms with Gasteiger partial charge in [-0.3, -0.25) is 4.79 Å². The van der Waals surface area contributed by atoms with Crippen LogP contribution in [0, 0.1) is 17.8 Å². The van der Waals surface area contributed by atoms with Crippen molar-refractivity contribution in [2.24, 2.45) is 23.5 Å². The van der Waals surface area contributed by atoms with Gasteiger partial charge in [-0.1, -0.05) is 12.5 Å². The lowest BCUT2D eigenvalue weighted by Crippen LogP contribution is -2.49. The van der Waals surface area contributed by atoms with Crippen molar-refractivity contribution in [2.75, 3.05) is 13.3 Å². The first-order valence-corrected chi connectivity index (χ1v) is 9.58. The molecule has 4 rings (SSSR count). The number of rotatable bonds is 4. The number of amides is 1. The second-order valence-electron chi connectivity index (χ2n) is 7.74. The molecule has 25 heavy (non-hydrogen) atoms. The van der Waals surface area contributed by atoms with Gasteiger partial charge in [0.2, 0.25) is 12.7 Å². The number of hydrogen-bond acceptors (Lipinski definition) is 4. The maximum absolute atomic E-state index is 13.1. The zero-order chi connectivity index (χ0) is 17.4. The normalized spacial score (nSPS) is 30.2. The van der Waals surface area contributed by atoms with E-state index in [1.54, 1.807) is 0 Å². The fourth-order valence-corrected chi connectivity index (χ4v) is 4.85. The predicted octanol–water partition coefficient (Wildman–Crippen LogP) is 2.92. The molecule has 1 aromatic rings. The van der Waals surface area contributed by atoms with Crippen molar-refractivity contribution in [3.63, 3.8) is 0 Å². The third kappa shape index (κ3) is 3.22. The van der Waals surface area contributed by atoms with Crippen LogP contribution in [-0.2, 0) is 11.3 Å². The van der Waals surface area contributed by atoms with Gasteiger partial charge in [-0.05, 0) is 62.1 Å². The summed E-state index contributed by atoms with van der Waals surface area (Å²) >= 11 is 0. The summed E-state index contributed by atoms with van der Waals surface area (Å²) in [5.41, 5.74) is 7.47. The summed E-state index contributed by atoms with van der Waals surface area (Å²) in [5, 5.41) is 0. The van der Waals surface area contributed by atoms with E-state index in [1.807, 2.05) is 23.1 Å². The lowest BCUT2D eigenvalue weighted by Gasteiger charge is -2.44. The van der Waals surface area contributed by atoms with Crippen molar-refractivity contribution in [1.82, 2.24) is 4.90 Å². The SMILES string of the molecule is CCN(Cc1ccc2c(c1)OCO2)C(=O)C1CC2CCCC(C1)C2N. The van der Waals surface area contributed by atoms with E-state index in [1.165, 1.54) is 19.3 Å². The Morgan fingerprint density at radius 2 is 1.92 bits per heavy atom. The van der Waals surface area contributed by atoms with Crippen LogP contribution < -0.4 is 15.2 Å². The smallest absolute Gasteiger partial charge is 0.231 e. The Morgan fingerprint density at radius 3 is 2.64 bits per heavy atom. The lowest BCUT2D eigenvalue weighted by atomic mass is 9.65. The van der Waals surface area contributed by atoms with Crippen molar-refractivity contribution in [3.05, 3.63) is 23.8 Å². The molecule has 0 spiro atoms.